The first-order chi connectivity index (χ1) is 5.70. The molecule has 12 heavy (non-hydrogen) atoms. The van der Waals surface area contributed by atoms with Gasteiger partial charge in [0.05, 0.1) is 7.11 Å². The van der Waals surface area contributed by atoms with Crippen LogP contribution in [0.5, 0.6) is 0 Å². The van der Waals surface area contributed by atoms with Crippen molar-refractivity contribution in [1.29, 1.82) is 0 Å². The van der Waals surface area contributed by atoms with Gasteiger partial charge in [-0.05, 0) is 0 Å². The average Bonchev–Trinajstić information content (AvgIpc) is 2.11. The van der Waals surface area contributed by atoms with Gasteiger partial charge < -0.3 is 4.74 Å². The van der Waals surface area contributed by atoms with Gasteiger partial charge in [0, 0.05) is 10.6 Å². The molecular weight excluding hydrogens is 183 g/mol. The molecule has 1 atom stereocenters. The summed E-state index contributed by atoms with van der Waals surface area (Å²) in [7, 11) is -0.822. The van der Waals surface area contributed by atoms with Crippen molar-refractivity contribution >= 4 is 14.2 Å². The SMILES string of the molecule is C=CC(=O)OCCO[P+](=O)OC. The van der Waals surface area contributed by atoms with Gasteiger partial charge in [0.15, 0.2) is 0 Å². The van der Waals surface area contributed by atoms with Crippen molar-refractivity contribution in [3.8, 4) is 0 Å². The minimum atomic E-state index is -2.08. The summed E-state index contributed by atoms with van der Waals surface area (Å²) < 4.78 is 23.9. The van der Waals surface area contributed by atoms with E-state index in [9.17, 15) is 9.36 Å². The van der Waals surface area contributed by atoms with Gasteiger partial charge in [0.2, 0.25) is 0 Å². The summed E-state index contributed by atoms with van der Waals surface area (Å²) in [6, 6.07) is 0. The Morgan fingerprint density at radius 3 is 2.75 bits per heavy atom. The third-order valence-electron chi connectivity index (χ3n) is 0.840. The molecule has 0 spiro atoms. The maximum absolute atomic E-state index is 10.5. The van der Waals surface area contributed by atoms with Gasteiger partial charge in [-0.25, -0.2) is 4.79 Å². The van der Waals surface area contributed by atoms with E-state index in [1.54, 1.807) is 0 Å². The Kier molecular flexibility index (Phi) is 6.47. The minimum Gasteiger partial charge on any atom is -0.460 e. The third kappa shape index (κ3) is 5.97. The van der Waals surface area contributed by atoms with Crippen LogP contribution in [0.15, 0.2) is 12.7 Å². The molecule has 0 aliphatic heterocycles. The standard InChI is InChI=1S/C6H10O5P/c1-3-6(7)10-4-5-11-12(8)9-2/h3H,1,4-5H2,2H3/q+1. The molecule has 0 rings (SSSR count). The lowest BCUT2D eigenvalue weighted by atomic mass is 10.6. The van der Waals surface area contributed by atoms with Gasteiger partial charge in [-0.3, -0.25) is 0 Å². The Labute approximate surface area is 71.3 Å². The molecule has 0 aliphatic rings. The van der Waals surface area contributed by atoms with Crippen LogP contribution in [-0.2, 0) is 23.1 Å². The van der Waals surface area contributed by atoms with Gasteiger partial charge in [-0.15, -0.1) is 9.05 Å². The topological polar surface area (TPSA) is 61.8 Å². The highest BCUT2D eigenvalue weighted by molar-refractivity contribution is 7.33. The third-order valence-corrected chi connectivity index (χ3v) is 1.53. The second kappa shape index (κ2) is 6.91. The van der Waals surface area contributed by atoms with Gasteiger partial charge in [-0.1, -0.05) is 6.58 Å². The number of ether oxygens (including phenoxy) is 1. The van der Waals surface area contributed by atoms with E-state index < -0.39 is 14.2 Å². The molecule has 6 heteroatoms. The molecule has 68 valence electrons. The molecule has 5 nitrogen and oxygen atoms in total. The molecule has 0 amide bonds. The highest BCUT2D eigenvalue weighted by Crippen LogP contribution is 2.20. The summed E-state index contributed by atoms with van der Waals surface area (Å²) in [6.07, 6.45) is 1.04. The fourth-order valence-corrected chi connectivity index (χ4v) is 0.695. The number of carbonyl (C=O) groups excluding carboxylic acids is 1. The Balaban J connectivity index is 3.27. The second-order valence-electron chi connectivity index (χ2n) is 1.61. The zero-order valence-corrected chi connectivity index (χ0v) is 7.58. The summed E-state index contributed by atoms with van der Waals surface area (Å²) in [5.74, 6) is -0.536. The molecule has 0 fully saturated rings. The molecule has 0 N–H and O–H groups in total. The molecular formula is C6H10O5P+. The number of carbonyl (C=O) groups is 1. The van der Waals surface area contributed by atoms with Crippen molar-refractivity contribution in [1.82, 2.24) is 0 Å². The monoisotopic (exact) mass is 193 g/mol. The van der Waals surface area contributed by atoms with Crippen molar-refractivity contribution in [2.45, 2.75) is 0 Å². The highest BCUT2D eigenvalue weighted by atomic mass is 31.1. The number of rotatable bonds is 6. The Bertz CT molecular complexity index is 179. The average molecular weight is 193 g/mol. The normalized spacial score (nSPS) is 10.6. The lowest BCUT2D eigenvalue weighted by Gasteiger charge is -1.95. The second-order valence-corrected chi connectivity index (χ2v) is 2.68. The van der Waals surface area contributed by atoms with Gasteiger partial charge >= 0.3 is 14.2 Å². The number of hydrogen-bond donors (Lipinski definition) is 0. The first-order valence-electron chi connectivity index (χ1n) is 3.14. The lowest BCUT2D eigenvalue weighted by molar-refractivity contribution is -0.138. The van der Waals surface area contributed by atoms with Crippen LogP contribution in [0.3, 0.4) is 0 Å². The zero-order chi connectivity index (χ0) is 9.40. The maximum Gasteiger partial charge on any atom is 0.697 e. The van der Waals surface area contributed by atoms with E-state index in [2.05, 4.69) is 20.4 Å². The smallest absolute Gasteiger partial charge is 0.460 e. The zero-order valence-electron chi connectivity index (χ0n) is 6.69. The molecule has 0 heterocycles. The predicted octanol–water partition coefficient (Wildman–Crippen LogP) is 1.04. The molecule has 1 unspecified atom stereocenters. The van der Waals surface area contributed by atoms with E-state index in [1.807, 2.05) is 0 Å². The molecule has 0 aromatic rings. The molecule has 0 aromatic carbocycles. The van der Waals surface area contributed by atoms with E-state index in [1.165, 1.54) is 7.11 Å². The van der Waals surface area contributed by atoms with Crippen molar-refractivity contribution in [3.63, 3.8) is 0 Å². The van der Waals surface area contributed by atoms with Crippen LogP contribution in [0, 0.1) is 0 Å². The van der Waals surface area contributed by atoms with Crippen molar-refractivity contribution < 1.29 is 23.1 Å². The minimum absolute atomic E-state index is 0.0370. The van der Waals surface area contributed by atoms with Crippen LogP contribution in [0.4, 0.5) is 0 Å². The number of esters is 1. The first kappa shape index (κ1) is 11.2. The first-order valence-corrected chi connectivity index (χ1v) is 4.23. The van der Waals surface area contributed by atoms with E-state index in [4.69, 9.17) is 0 Å². The molecule has 0 bridgehead atoms. The van der Waals surface area contributed by atoms with Crippen LogP contribution < -0.4 is 0 Å². The van der Waals surface area contributed by atoms with E-state index in [0.717, 1.165) is 6.08 Å². The van der Waals surface area contributed by atoms with Crippen LogP contribution in [0.2, 0.25) is 0 Å². The quantitative estimate of drug-likeness (QED) is 0.273. The molecule has 0 radical (unpaired) electrons. The highest BCUT2D eigenvalue weighted by Gasteiger charge is 2.16. The number of hydrogen-bond acceptors (Lipinski definition) is 5. The molecule has 0 aromatic heterocycles. The van der Waals surface area contributed by atoms with Crippen molar-refractivity contribution in [2.75, 3.05) is 20.3 Å². The fourth-order valence-electron chi connectivity index (χ4n) is 0.366. The molecule has 0 saturated heterocycles. The molecule has 0 aliphatic carbocycles. The van der Waals surface area contributed by atoms with Crippen molar-refractivity contribution in [3.05, 3.63) is 12.7 Å². The summed E-state index contributed by atoms with van der Waals surface area (Å²) in [4.78, 5) is 10.4. The molecule has 0 saturated carbocycles. The largest absolute Gasteiger partial charge is 0.697 e. The van der Waals surface area contributed by atoms with E-state index in [0.29, 0.717) is 0 Å². The summed E-state index contributed by atoms with van der Waals surface area (Å²) >= 11 is 0. The van der Waals surface area contributed by atoms with Crippen LogP contribution >= 0.6 is 8.25 Å². The summed E-state index contributed by atoms with van der Waals surface area (Å²) in [6.45, 7) is 3.27. The van der Waals surface area contributed by atoms with Gasteiger partial charge in [0.25, 0.3) is 0 Å². The Hall–Kier alpha value is -0.770. The lowest BCUT2D eigenvalue weighted by Crippen LogP contribution is -2.05. The van der Waals surface area contributed by atoms with Gasteiger partial charge in [0.1, 0.15) is 13.2 Å². The van der Waals surface area contributed by atoms with Crippen LogP contribution in [0.1, 0.15) is 0 Å². The predicted molar refractivity (Wildman–Crippen MR) is 41.7 cm³/mol. The van der Waals surface area contributed by atoms with Crippen molar-refractivity contribution in [2.24, 2.45) is 0 Å². The Morgan fingerprint density at radius 2 is 2.25 bits per heavy atom. The Morgan fingerprint density at radius 1 is 1.58 bits per heavy atom. The van der Waals surface area contributed by atoms with E-state index >= 15 is 0 Å². The summed E-state index contributed by atoms with van der Waals surface area (Å²) in [5, 5.41) is 0. The van der Waals surface area contributed by atoms with Crippen LogP contribution in [-0.4, -0.2) is 26.3 Å². The maximum atomic E-state index is 10.5. The fraction of sp³-hybridized carbons (Fsp3) is 0.500. The van der Waals surface area contributed by atoms with Gasteiger partial charge in [-0.2, -0.15) is 0 Å². The van der Waals surface area contributed by atoms with Crippen LogP contribution in [0.25, 0.3) is 0 Å². The summed E-state index contributed by atoms with van der Waals surface area (Å²) in [5.41, 5.74) is 0. The van der Waals surface area contributed by atoms with E-state index in [-0.39, 0.29) is 13.2 Å².